The molecular weight excluding hydrogens is 226 g/mol. The zero-order valence-electron chi connectivity index (χ0n) is 9.76. The fourth-order valence-corrected chi connectivity index (χ4v) is 1.41. The summed E-state index contributed by atoms with van der Waals surface area (Å²) in [5.41, 5.74) is -0.0888. The average Bonchev–Trinajstić information content (AvgIpc) is 2.28. The summed E-state index contributed by atoms with van der Waals surface area (Å²) in [7, 11) is 1.56. The van der Waals surface area contributed by atoms with Crippen molar-refractivity contribution >= 4 is 5.69 Å². The van der Waals surface area contributed by atoms with Gasteiger partial charge in [-0.2, -0.15) is 0 Å². The molecule has 0 aliphatic heterocycles. The second-order valence-electron chi connectivity index (χ2n) is 3.74. The molecule has 0 bridgehead atoms. The van der Waals surface area contributed by atoms with E-state index in [1.54, 1.807) is 7.11 Å². The third kappa shape index (κ3) is 3.77. The van der Waals surface area contributed by atoms with Crippen LogP contribution in [0.15, 0.2) is 12.1 Å². The summed E-state index contributed by atoms with van der Waals surface area (Å²) in [5.74, 6) is -1.40. The van der Waals surface area contributed by atoms with E-state index in [4.69, 9.17) is 11.3 Å². The van der Waals surface area contributed by atoms with Crippen molar-refractivity contribution in [1.82, 2.24) is 5.32 Å². The maximum Gasteiger partial charge on any atom is 0.193 e. The summed E-state index contributed by atoms with van der Waals surface area (Å²) in [4.78, 5) is 2.99. The van der Waals surface area contributed by atoms with Crippen LogP contribution in [0.3, 0.4) is 0 Å². The zero-order valence-corrected chi connectivity index (χ0v) is 9.76. The number of nitrogens with one attached hydrogen (secondary N) is 1. The molecule has 0 aliphatic rings. The molecule has 92 valence electrons. The number of benzene rings is 1. The van der Waals surface area contributed by atoms with Gasteiger partial charge in [-0.25, -0.2) is 13.6 Å². The van der Waals surface area contributed by atoms with Crippen molar-refractivity contribution in [1.29, 1.82) is 0 Å². The Kier molecular flexibility index (Phi) is 5.01. The molecule has 0 spiro atoms. The maximum atomic E-state index is 13.5. The Bertz CT molecular complexity index is 406. The SMILES string of the molecule is [C-]#[N+]c1cc(F)c(CN[C@H](C)COC)c(F)c1. The van der Waals surface area contributed by atoms with Crippen LogP contribution in [0.5, 0.6) is 0 Å². The number of hydrogen-bond donors (Lipinski definition) is 1. The van der Waals surface area contributed by atoms with Crippen LogP contribution in [0.2, 0.25) is 0 Å². The lowest BCUT2D eigenvalue weighted by Crippen LogP contribution is -2.30. The third-order valence-electron chi connectivity index (χ3n) is 2.30. The van der Waals surface area contributed by atoms with E-state index in [2.05, 4.69) is 10.2 Å². The molecular formula is C12H14F2N2O. The van der Waals surface area contributed by atoms with Crippen LogP contribution in [0.25, 0.3) is 4.85 Å². The maximum absolute atomic E-state index is 13.5. The van der Waals surface area contributed by atoms with E-state index in [0.29, 0.717) is 6.61 Å². The second kappa shape index (κ2) is 6.28. The van der Waals surface area contributed by atoms with Gasteiger partial charge in [0, 0.05) is 25.3 Å². The van der Waals surface area contributed by atoms with Gasteiger partial charge >= 0.3 is 0 Å². The minimum atomic E-state index is -0.701. The first-order valence-corrected chi connectivity index (χ1v) is 5.16. The van der Waals surface area contributed by atoms with Gasteiger partial charge < -0.3 is 10.1 Å². The molecule has 0 fully saturated rings. The van der Waals surface area contributed by atoms with Crippen LogP contribution in [0, 0.1) is 18.2 Å². The first-order chi connectivity index (χ1) is 8.08. The average molecular weight is 240 g/mol. The molecule has 1 aromatic carbocycles. The molecule has 17 heavy (non-hydrogen) atoms. The fraction of sp³-hybridized carbons (Fsp3) is 0.417. The van der Waals surface area contributed by atoms with E-state index in [1.807, 2.05) is 6.92 Å². The van der Waals surface area contributed by atoms with Gasteiger partial charge in [0.1, 0.15) is 11.6 Å². The number of nitrogens with zero attached hydrogens (tertiary/aromatic N) is 1. The Balaban J connectivity index is 2.75. The number of methoxy groups -OCH3 is 1. The van der Waals surface area contributed by atoms with Crippen molar-refractivity contribution in [3.8, 4) is 0 Å². The molecule has 0 amide bonds. The molecule has 0 saturated heterocycles. The lowest BCUT2D eigenvalue weighted by molar-refractivity contribution is 0.171. The Morgan fingerprint density at radius 2 is 2.00 bits per heavy atom. The normalized spacial score (nSPS) is 12.2. The summed E-state index contributed by atoms with van der Waals surface area (Å²) in [6, 6.07) is 2.07. The largest absolute Gasteiger partial charge is 0.383 e. The minimum Gasteiger partial charge on any atom is -0.383 e. The molecule has 3 nitrogen and oxygen atoms in total. The number of halogens is 2. The van der Waals surface area contributed by atoms with Crippen LogP contribution in [0.4, 0.5) is 14.5 Å². The molecule has 0 heterocycles. The van der Waals surface area contributed by atoms with Gasteiger partial charge in [0.25, 0.3) is 0 Å². The predicted molar refractivity (Wildman–Crippen MR) is 60.8 cm³/mol. The first kappa shape index (κ1) is 13.6. The van der Waals surface area contributed by atoms with Crippen molar-refractivity contribution in [3.05, 3.63) is 40.7 Å². The topological polar surface area (TPSA) is 25.6 Å². The highest BCUT2D eigenvalue weighted by Gasteiger charge is 2.12. The van der Waals surface area contributed by atoms with E-state index < -0.39 is 11.6 Å². The van der Waals surface area contributed by atoms with Crippen LogP contribution in [0.1, 0.15) is 12.5 Å². The molecule has 0 aliphatic carbocycles. The highest BCUT2D eigenvalue weighted by Crippen LogP contribution is 2.20. The Morgan fingerprint density at radius 3 is 2.47 bits per heavy atom. The van der Waals surface area contributed by atoms with Gasteiger partial charge in [-0.05, 0) is 19.1 Å². The fourth-order valence-electron chi connectivity index (χ4n) is 1.41. The van der Waals surface area contributed by atoms with Crippen LogP contribution in [-0.2, 0) is 11.3 Å². The molecule has 0 aromatic heterocycles. The summed E-state index contributed by atoms with van der Waals surface area (Å²) < 4.78 is 31.9. The number of ether oxygens (including phenoxy) is 1. The monoisotopic (exact) mass is 240 g/mol. The van der Waals surface area contributed by atoms with Crippen LogP contribution < -0.4 is 5.32 Å². The van der Waals surface area contributed by atoms with Crippen molar-refractivity contribution in [3.63, 3.8) is 0 Å². The van der Waals surface area contributed by atoms with Gasteiger partial charge in [-0.15, -0.1) is 0 Å². The lowest BCUT2D eigenvalue weighted by atomic mass is 10.1. The van der Waals surface area contributed by atoms with Crippen molar-refractivity contribution in [2.45, 2.75) is 19.5 Å². The minimum absolute atomic E-state index is 0.000612. The quantitative estimate of drug-likeness (QED) is 0.800. The van der Waals surface area contributed by atoms with Crippen molar-refractivity contribution < 1.29 is 13.5 Å². The lowest BCUT2D eigenvalue weighted by Gasteiger charge is -2.13. The molecule has 1 aromatic rings. The van der Waals surface area contributed by atoms with E-state index >= 15 is 0 Å². The standard InChI is InChI=1S/C12H14F2N2O/c1-8(7-17-3)16-6-10-11(13)4-9(15-2)5-12(10)14/h4-5,8,16H,6-7H2,1,3H3/t8-/m1/s1. The van der Waals surface area contributed by atoms with Gasteiger partial charge in [0.05, 0.1) is 13.2 Å². The summed E-state index contributed by atoms with van der Waals surface area (Å²) >= 11 is 0. The van der Waals surface area contributed by atoms with E-state index in [-0.39, 0.29) is 23.8 Å². The summed E-state index contributed by atoms with van der Waals surface area (Å²) in [6.07, 6.45) is 0. The predicted octanol–water partition coefficient (Wildman–Crippen LogP) is 2.64. The Labute approximate surface area is 99.2 Å². The van der Waals surface area contributed by atoms with Gasteiger partial charge in [0.2, 0.25) is 0 Å². The van der Waals surface area contributed by atoms with Gasteiger partial charge in [-0.1, -0.05) is 0 Å². The number of hydrogen-bond acceptors (Lipinski definition) is 2. The van der Waals surface area contributed by atoms with Crippen molar-refractivity contribution in [2.24, 2.45) is 0 Å². The Morgan fingerprint density at radius 1 is 1.41 bits per heavy atom. The zero-order chi connectivity index (χ0) is 12.8. The molecule has 5 heteroatoms. The Hall–Kier alpha value is -1.51. The van der Waals surface area contributed by atoms with Crippen LogP contribution in [-0.4, -0.2) is 19.8 Å². The molecule has 1 rings (SSSR count). The van der Waals surface area contributed by atoms with E-state index in [0.717, 1.165) is 12.1 Å². The van der Waals surface area contributed by atoms with Gasteiger partial charge in [-0.3, -0.25) is 0 Å². The third-order valence-corrected chi connectivity index (χ3v) is 2.30. The summed E-state index contributed by atoms with van der Waals surface area (Å²) in [5, 5.41) is 2.94. The van der Waals surface area contributed by atoms with Gasteiger partial charge in [0.15, 0.2) is 5.69 Å². The molecule has 1 N–H and O–H groups in total. The molecule has 1 atom stereocenters. The highest BCUT2D eigenvalue weighted by atomic mass is 19.1. The second-order valence-corrected chi connectivity index (χ2v) is 3.74. The number of rotatable bonds is 5. The van der Waals surface area contributed by atoms with Crippen LogP contribution >= 0.6 is 0 Å². The first-order valence-electron chi connectivity index (χ1n) is 5.16. The van der Waals surface area contributed by atoms with E-state index in [1.165, 1.54) is 0 Å². The van der Waals surface area contributed by atoms with Crippen molar-refractivity contribution in [2.75, 3.05) is 13.7 Å². The van der Waals surface area contributed by atoms with E-state index in [9.17, 15) is 8.78 Å². The molecule has 0 saturated carbocycles. The highest BCUT2D eigenvalue weighted by molar-refractivity contribution is 5.46. The molecule has 0 unspecified atom stereocenters. The molecule has 0 radical (unpaired) electrons. The summed E-state index contributed by atoms with van der Waals surface area (Å²) in [6.45, 7) is 9.08. The smallest absolute Gasteiger partial charge is 0.193 e.